The van der Waals surface area contributed by atoms with Crippen LogP contribution in [0.2, 0.25) is 0 Å². The Morgan fingerprint density at radius 1 is 0.962 bits per heavy atom. The third-order valence-electron chi connectivity index (χ3n) is 4.64. The van der Waals surface area contributed by atoms with E-state index in [1.165, 1.54) is 37.1 Å². The molecule has 3 rings (SSSR count). The van der Waals surface area contributed by atoms with E-state index in [-0.39, 0.29) is 11.7 Å². The Bertz CT molecular complexity index is 694. The molecule has 1 heterocycles. The predicted molar refractivity (Wildman–Crippen MR) is 104 cm³/mol. The highest BCUT2D eigenvalue weighted by atomic mass is 19.1. The molecule has 1 aliphatic rings. The van der Waals surface area contributed by atoms with Gasteiger partial charge in [-0.05, 0) is 61.2 Å². The number of piperidine rings is 1. The molecule has 0 radical (unpaired) electrons. The molecule has 1 fully saturated rings. The number of carbonyl (C=O) groups is 1. The zero-order chi connectivity index (χ0) is 18.2. The molecular weight excluding hydrogens is 329 g/mol. The molecule has 138 valence electrons. The molecule has 2 N–H and O–H groups in total. The van der Waals surface area contributed by atoms with Crippen molar-refractivity contribution in [3.05, 3.63) is 59.9 Å². The summed E-state index contributed by atoms with van der Waals surface area (Å²) in [5.74, 6) is -0.248. The summed E-state index contributed by atoms with van der Waals surface area (Å²) in [6.07, 6.45) is 4.22. The monoisotopic (exact) mass is 355 g/mol. The molecule has 2 aromatic carbocycles. The smallest absolute Gasteiger partial charge is 0.225 e. The van der Waals surface area contributed by atoms with Gasteiger partial charge in [0.2, 0.25) is 5.91 Å². The van der Waals surface area contributed by atoms with Crippen molar-refractivity contribution in [1.29, 1.82) is 0 Å². The predicted octanol–water partition coefficient (Wildman–Crippen LogP) is 3.93. The molecule has 0 bridgehead atoms. The van der Waals surface area contributed by atoms with Crippen LogP contribution in [-0.4, -0.2) is 25.5 Å². The topological polar surface area (TPSA) is 44.4 Å². The summed E-state index contributed by atoms with van der Waals surface area (Å²) in [5, 5.41) is 6.13. The largest absolute Gasteiger partial charge is 0.372 e. The third kappa shape index (κ3) is 5.56. The maximum absolute atomic E-state index is 12.8. The van der Waals surface area contributed by atoms with E-state index in [9.17, 15) is 9.18 Å². The highest BCUT2D eigenvalue weighted by molar-refractivity contribution is 5.91. The summed E-state index contributed by atoms with van der Waals surface area (Å²) >= 11 is 0. The van der Waals surface area contributed by atoms with Gasteiger partial charge in [-0.25, -0.2) is 4.39 Å². The number of nitrogens with zero attached hydrogens (tertiary/aromatic N) is 1. The van der Waals surface area contributed by atoms with Crippen molar-refractivity contribution in [2.45, 2.75) is 32.2 Å². The molecule has 1 amide bonds. The van der Waals surface area contributed by atoms with E-state index in [0.29, 0.717) is 19.5 Å². The van der Waals surface area contributed by atoms with Gasteiger partial charge in [-0.1, -0.05) is 12.1 Å². The van der Waals surface area contributed by atoms with Gasteiger partial charge in [0.15, 0.2) is 0 Å². The molecule has 0 atom stereocenters. The van der Waals surface area contributed by atoms with Crippen molar-refractivity contribution >= 4 is 17.3 Å². The lowest BCUT2D eigenvalue weighted by Crippen LogP contribution is -2.29. The van der Waals surface area contributed by atoms with Crippen LogP contribution in [0.4, 0.5) is 15.8 Å². The Morgan fingerprint density at radius 3 is 2.35 bits per heavy atom. The van der Waals surface area contributed by atoms with Gasteiger partial charge in [0.05, 0.1) is 0 Å². The standard InChI is InChI=1S/C21H26FN3O/c22-18-6-4-17(5-7-18)16-23-13-12-21(26)24-19-8-10-20(11-9-19)25-14-2-1-3-15-25/h4-11,23H,1-3,12-16H2,(H,24,26). The van der Waals surface area contributed by atoms with Crippen LogP contribution in [-0.2, 0) is 11.3 Å². The van der Waals surface area contributed by atoms with Crippen LogP contribution in [0, 0.1) is 5.82 Å². The second-order valence-electron chi connectivity index (χ2n) is 6.70. The minimum absolute atomic E-state index is 0.0117. The van der Waals surface area contributed by atoms with E-state index in [2.05, 4.69) is 27.7 Å². The summed E-state index contributed by atoms with van der Waals surface area (Å²) in [6.45, 7) is 3.43. The zero-order valence-electron chi connectivity index (χ0n) is 15.0. The first-order valence-electron chi connectivity index (χ1n) is 9.31. The second-order valence-corrected chi connectivity index (χ2v) is 6.70. The first-order chi connectivity index (χ1) is 12.7. The van der Waals surface area contributed by atoms with Crippen LogP contribution in [0.25, 0.3) is 0 Å². The summed E-state index contributed by atoms with van der Waals surface area (Å²) in [5.41, 5.74) is 3.05. The van der Waals surface area contributed by atoms with Gasteiger partial charge in [-0.2, -0.15) is 0 Å². The van der Waals surface area contributed by atoms with Gasteiger partial charge in [-0.3, -0.25) is 4.79 Å². The number of halogens is 1. The lowest BCUT2D eigenvalue weighted by atomic mass is 10.1. The Kier molecular flexibility index (Phi) is 6.61. The van der Waals surface area contributed by atoms with Gasteiger partial charge in [0, 0.05) is 44.0 Å². The SMILES string of the molecule is O=C(CCNCc1ccc(F)cc1)Nc1ccc(N2CCCCC2)cc1. The summed E-state index contributed by atoms with van der Waals surface area (Å²) in [4.78, 5) is 14.4. The van der Waals surface area contributed by atoms with E-state index >= 15 is 0 Å². The van der Waals surface area contributed by atoms with Crippen LogP contribution in [0.5, 0.6) is 0 Å². The Morgan fingerprint density at radius 2 is 1.65 bits per heavy atom. The van der Waals surface area contributed by atoms with Crippen LogP contribution in [0.3, 0.4) is 0 Å². The Hall–Kier alpha value is -2.40. The third-order valence-corrected chi connectivity index (χ3v) is 4.64. The van der Waals surface area contributed by atoms with E-state index < -0.39 is 0 Å². The first-order valence-corrected chi connectivity index (χ1v) is 9.31. The van der Waals surface area contributed by atoms with Crippen LogP contribution >= 0.6 is 0 Å². The molecule has 0 aliphatic carbocycles. The minimum Gasteiger partial charge on any atom is -0.372 e. The number of amides is 1. The quantitative estimate of drug-likeness (QED) is 0.740. The number of nitrogens with one attached hydrogen (secondary N) is 2. The molecular formula is C21H26FN3O. The number of hydrogen-bond donors (Lipinski definition) is 2. The van der Waals surface area contributed by atoms with Crippen molar-refractivity contribution in [2.75, 3.05) is 29.9 Å². The van der Waals surface area contributed by atoms with Crippen molar-refractivity contribution in [3.63, 3.8) is 0 Å². The summed E-state index contributed by atoms with van der Waals surface area (Å²) < 4.78 is 12.8. The van der Waals surface area contributed by atoms with Crippen LogP contribution < -0.4 is 15.5 Å². The maximum Gasteiger partial charge on any atom is 0.225 e. The summed E-state index contributed by atoms with van der Waals surface area (Å²) in [7, 11) is 0. The van der Waals surface area contributed by atoms with Crippen molar-refractivity contribution in [2.24, 2.45) is 0 Å². The molecule has 4 nitrogen and oxygen atoms in total. The molecule has 1 aliphatic heterocycles. The van der Waals surface area contributed by atoms with Crippen LogP contribution in [0.1, 0.15) is 31.2 Å². The van der Waals surface area contributed by atoms with Gasteiger partial charge < -0.3 is 15.5 Å². The average molecular weight is 355 g/mol. The molecule has 0 unspecified atom stereocenters. The second kappa shape index (κ2) is 9.34. The molecule has 5 heteroatoms. The lowest BCUT2D eigenvalue weighted by Gasteiger charge is -2.28. The molecule has 0 saturated carbocycles. The molecule has 0 spiro atoms. The first kappa shape index (κ1) is 18.4. The Balaban J connectivity index is 1.38. The molecule has 26 heavy (non-hydrogen) atoms. The maximum atomic E-state index is 12.8. The van der Waals surface area contributed by atoms with Crippen molar-refractivity contribution in [1.82, 2.24) is 5.32 Å². The van der Waals surface area contributed by atoms with E-state index in [0.717, 1.165) is 24.3 Å². The Labute approximate surface area is 154 Å². The molecule has 2 aromatic rings. The van der Waals surface area contributed by atoms with Gasteiger partial charge in [-0.15, -0.1) is 0 Å². The normalized spacial score (nSPS) is 14.3. The highest BCUT2D eigenvalue weighted by Crippen LogP contribution is 2.21. The van der Waals surface area contributed by atoms with Crippen molar-refractivity contribution < 1.29 is 9.18 Å². The number of rotatable bonds is 7. The molecule has 0 aromatic heterocycles. The number of carbonyl (C=O) groups excluding carboxylic acids is 1. The van der Waals surface area contributed by atoms with E-state index in [1.54, 1.807) is 12.1 Å². The highest BCUT2D eigenvalue weighted by Gasteiger charge is 2.10. The number of benzene rings is 2. The molecule has 1 saturated heterocycles. The van der Waals surface area contributed by atoms with Gasteiger partial charge >= 0.3 is 0 Å². The van der Waals surface area contributed by atoms with Crippen LogP contribution in [0.15, 0.2) is 48.5 Å². The van der Waals surface area contributed by atoms with Crippen molar-refractivity contribution in [3.8, 4) is 0 Å². The fraction of sp³-hybridized carbons (Fsp3) is 0.381. The minimum atomic E-state index is -0.237. The fourth-order valence-corrected chi connectivity index (χ4v) is 3.17. The fourth-order valence-electron chi connectivity index (χ4n) is 3.17. The summed E-state index contributed by atoms with van der Waals surface area (Å²) in [6, 6.07) is 14.5. The van der Waals surface area contributed by atoms with Gasteiger partial charge in [0.25, 0.3) is 0 Å². The number of hydrogen-bond acceptors (Lipinski definition) is 3. The number of anilines is 2. The lowest BCUT2D eigenvalue weighted by molar-refractivity contribution is -0.116. The van der Waals surface area contributed by atoms with E-state index in [4.69, 9.17) is 0 Å². The average Bonchev–Trinajstić information content (AvgIpc) is 2.68. The van der Waals surface area contributed by atoms with E-state index in [1.807, 2.05) is 12.1 Å². The van der Waals surface area contributed by atoms with Gasteiger partial charge in [0.1, 0.15) is 5.82 Å². The zero-order valence-corrected chi connectivity index (χ0v) is 15.0.